The van der Waals surface area contributed by atoms with Crippen molar-refractivity contribution in [2.45, 2.75) is 13.3 Å². The van der Waals surface area contributed by atoms with Gasteiger partial charge in [-0.05, 0) is 6.42 Å². The van der Waals surface area contributed by atoms with Gasteiger partial charge in [0.15, 0.2) is 0 Å². The fourth-order valence-corrected chi connectivity index (χ4v) is 0.522. The van der Waals surface area contributed by atoms with Crippen LogP contribution in [-0.4, -0.2) is 5.88 Å². The maximum atomic E-state index is 8.19. The Morgan fingerprint density at radius 2 is 2.43 bits per heavy atom. The minimum atomic E-state index is 0.0571. The lowest BCUT2D eigenvalue weighted by molar-refractivity contribution is 0.720. The smallest absolute Gasteiger partial charge is 0.0668 e. The van der Waals surface area contributed by atoms with Crippen LogP contribution in [0.1, 0.15) is 13.3 Å². The largest absolute Gasteiger partial charge is 0.198 e. The Labute approximate surface area is 48.9 Å². The van der Waals surface area contributed by atoms with Gasteiger partial charge in [0.1, 0.15) is 0 Å². The van der Waals surface area contributed by atoms with Crippen LogP contribution in [0, 0.1) is 17.2 Å². The van der Waals surface area contributed by atoms with Crippen molar-refractivity contribution in [1.29, 1.82) is 5.26 Å². The van der Waals surface area contributed by atoms with Gasteiger partial charge in [-0.2, -0.15) is 5.26 Å². The molecule has 0 radical (unpaired) electrons. The summed E-state index contributed by atoms with van der Waals surface area (Å²) in [5, 5.41) is 8.19. The van der Waals surface area contributed by atoms with Crippen LogP contribution in [0.4, 0.5) is 0 Å². The predicted octanol–water partition coefficient (Wildman–Crippen LogP) is 1.77. The van der Waals surface area contributed by atoms with E-state index < -0.39 is 0 Å². The molecular weight excluding hydrogens is 110 g/mol. The summed E-state index contributed by atoms with van der Waals surface area (Å²) in [6.07, 6.45) is 0.861. The molecular formula is C5H8ClN. The summed E-state index contributed by atoms with van der Waals surface area (Å²) in [6.45, 7) is 1.95. The van der Waals surface area contributed by atoms with Crippen LogP contribution in [0.15, 0.2) is 0 Å². The van der Waals surface area contributed by atoms with Crippen LogP contribution in [0.2, 0.25) is 0 Å². The monoisotopic (exact) mass is 117 g/mol. The molecule has 0 aliphatic rings. The molecule has 0 aromatic rings. The van der Waals surface area contributed by atoms with Crippen molar-refractivity contribution < 1.29 is 0 Å². The van der Waals surface area contributed by atoms with Gasteiger partial charge in [0.25, 0.3) is 0 Å². The lowest BCUT2D eigenvalue weighted by atomic mass is 10.1. The van der Waals surface area contributed by atoms with Gasteiger partial charge in [-0.25, -0.2) is 0 Å². The van der Waals surface area contributed by atoms with E-state index in [9.17, 15) is 0 Å². The van der Waals surface area contributed by atoms with Crippen molar-refractivity contribution in [1.82, 2.24) is 0 Å². The van der Waals surface area contributed by atoms with Crippen LogP contribution in [0.3, 0.4) is 0 Å². The highest BCUT2D eigenvalue weighted by molar-refractivity contribution is 6.18. The van der Waals surface area contributed by atoms with Crippen LogP contribution < -0.4 is 0 Å². The van der Waals surface area contributed by atoms with Gasteiger partial charge in [0, 0.05) is 5.88 Å². The summed E-state index contributed by atoms with van der Waals surface area (Å²) < 4.78 is 0. The second-order valence-electron chi connectivity index (χ2n) is 1.39. The molecule has 0 fully saturated rings. The lowest BCUT2D eigenvalue weighted by Crippen LogP contribution is -1.93. The third-order valence-corrected chi connectivity index (χ3v) is 1.23. The second-order valence-corrected chi connectivity index (χ2v) is 1.70. The summed E-state index contributed by atoms with van der Waals surface area (Å²) >= 11 is 5.35. The van der Waals surface area contributed by atoms with Gasteiger partial charge < -0.3 is 0 Å². The summed E-state index contributed by atoms with van der Waals surface area (Å²) in [4.78, 5) is 0. The maximum Gasteiger partial charge on any atom is 0.0668 e. The average molecular weight is 118 g/mol. The standard InChI is InChI=1S/C5H8ClN/c1-2-5(3-6)4-7/h5H,2-3H2,1H3. The Morgan fingerprint density at radius 3 is 2.43 bits per heavy atom. The molecule has 0 rings (SSSR count). The molecule has 0 bridgehead atoms. The topological polar surface area (TPSA) is 23.8 Å². The number of hydrogen-bond donors (Lipinski definition) is 0. The quantitative estimate of drug-likeness (QED) is 0.506. The zero-order valence-corrected chi connectivity index (χ0v) is 5.07. The number of nitriles is 1. The van der Waals surface area contributed by atoms with Crippen molar-refractivity contribution in [3.05, 3.63) is 0 Å². The lowest BCUT2D eigenvalue weighted by Gasteiger charge is -1.93. The van der Waals surface area contributed by atoms with E-state index in [1.54, 1.807) is 0 Å². The number of nitrogens with zero attached hydrogens (tertiary/aromatic N) is 1. The molecule has 0 saturated carbocycles. The number of hydrogen-bond acceptors (Lipinski definition) is 1. The Kier molecular flexibility index (Phi) is 3.83. The average Bonchev–Trinajstić information content (AvgIpc) is 1.72. The van der Waals surface area contributed by atoms with Crippen molar-refractivity contribution in [2.75, 3.05) is 5.88 Å². The summed E-state index contributed by atoms with van der Waals surface area (Å²) in [5.41, 5.74) is 0. The molecule has 0 aromatic carbocycles. The Morgan fingerprint density at radius 1 is 1.86 bits per heavy atom. The van der Waals surface area contributed by atoms with Crippen LogP contribution in [-0.2, 0) is 0 Å². The van der Waals surface area contributed by atoms with Crippen LogP contribution in [0.5, 0.6) is 0 Å². The van der Waals surface area contributed by atoms with E-state index in [4.69, 9.17) is 16.9 Å². The van der Waals surface area contributed by atoms with E-state index in [0.717, 1.165) is 6.42 Å². The molecule has 0 amide bonds. The molecule has 7 heavy (non-hydrogen) atoms. The molecule has 1 atom stereocenters. The summed E-state index contributed by atoms with van der Waals surface area (Å²) in [5.74, 6) is 0.522. The van der Waals surface area contributed by atoms with Crippen molar-refractivity contribution in [3.63, 3.8) is 0 Å². The molecule has 0 N–H and O–H groups in total. The van der Waals surface area contributed by atoms with Crippen molar-refractivity contribution in [3.8, 4) is 6.07 Å². The second kappa shape index (κ2) is 3.95. The molecule has 0 aliphatic heterocycles. The number of alkyl halides is 1. The molecule has 0 aromatic heterocycles. The fraction of sp³-hybridized carbons (Fsp3) is 0.800. The third-order valence-electron chi connectivity index (χ3n) is 0.862. The molecule has 0 aliphatic carbocycles. The zero-order chi connectivity index (χ0) is 5.70. The third kappa shape index (κ3) is 2.47. The normalized spacial score (nSPS) is 12.7. The minimum Gasteiger partial charge on any atom is -0.198 e. The van der Waals surface area contributed by atoms with E-state index in [-0.39, 0.29) is 5.92 Å². The Hall–Kier alpha value is -0.220. The summed E-state index contributed by atoms with van der Waals surface area (Å²) in [7, 11) is 0. The molecule has 2 heteroatoms. The Bertz CT molecular complexity index is 70.6. The molecule has 0 saturated heterocycles. The Balaban J connectivity index is 3.23. The van der Waals surface area contributed by atoms with E-state index in [0.29, 0.717) is 5.88 Å². The van der Waals surface area contributed by atoms with Crippen LogP contribution in [0.25, 0.3) is 0 Å². The minimum absolute atomic E-state index is 0.0571. The maximum absolute atomic E-state index is 8.19. The van der Waals surface area contributed by atoms with E-state index in [1.807, 2.05) is 6.92 Å². The highest BCUT2D eigenvalue weighted by Gasteiger charge is 1.98. The molecule has 0 spiro atoms. The van der Waals surface area contributed by atoms with Crippen LogP contribution >= 0.6 is 11.6 Å². The van der Waals surface area contributed by atoms with Gasteiger partial charge in [-0.15, -0.1) is 11.6 Å². The number of halogens is 1. The summed E-state index contributed by atoms with van der Waals surface area (Å²) in [6, 6.07) is 2.07. The van der Waals surface area contributed by atoms with E-state index >= 15 is 0 Å². The van der Waals surface area contributed by atoms with Gasteiger partial charge in [-0.1, -0.05) is 6.92 Å². The highest BCUT2D eigenvalue weighted by Crippen LogP contribution is 2.00. The first kappa shape index (κ1) is 6.78. The van der Waals surface area contributed by atoms with E-state index in [2.05, 4.69) is 6.07 Å². The fourth-order valence-electron chi connectivity index (χ4n) is 0.235. The zero-order valence-electron chi connectivity index (χ0n) is 4.32. The first-order valence-corrected chi connectivity index (χ1v) is 2.84. The predicted molar refractivity (Wildman–Crippen MR) is 30.1 cm³/mol. The molecule has 0 heterocycles. The highest BCUT2D eigenvalue weighted by atomic mass is 35.5. The first-order valence-electron chi connectivity index (χ1n) is 2.30. The van der Waals surface area contributed by atoms with Gasteiger partial charge in [-0.3, -0.25) is 0 Å². The molecule has 1 unspecified atom stereocenters. The first-order chi connectivity index (χ1) is 3.35. The molecule has 1 nitrogen and oxygen atoms in total. The van der Waals surface area contributed by atoms with Crippen molar-refractivity contribution >= 4 is 11.6 Å². The van der Waals surface area contributed by atoms with E-state index in [1.165, 1.54) is 0 Å². The van der Waals surface area contributed by atoms with Gasteiger partial charge in [0.05, 0.1) is 12.0 Å². The van der Waals surface area contributed by atoms with Gasteiger partial charge >= 0.3 is 0 Å². The SMILES string of the molecule is CCC(C#N)CCl. The molecule has 40 valence electrons. The van der Waals surface area contributed by atoms with Crippen molar-refractivity contribution in [2.24, 2.45) is 5.92 Å². The number of rotatable bonds is 2. The van der Waals surface area contributed by atoms with Gasteiger partial charge in [0.2, 0.25) is 0 Å².